The molecule has 0 spiro atoms. The average molecular weight is 537 g/mol. The Balaban J connectivity index is 1.03. The van der Waals surface area contributed by atoms with Gasteiger partial charge in [-0.1, -0.05) is 5.46 Å². The molecule has 3 aromatic heterocycles. The maximum atomic E-state index is 13.2. The molecule has 2 saturated heterocycles. The molecule has 5 heterocycles. The van der Waals surface area contributed by atoms with Crippen LogP contribution in [0, 0.1) is 5.92 Å². The number of nitrogens with one attached hydrogen (secondary N) is 2. The van der Waals surface area contributed by atoms with Gasteiger partial charge in [-0.2, -0.15) is 5.10 Å². The predicted octanol–water partition coefficient (Wildman–Crippen LogP) is 0.671. The third-order valence-electron chi connectivity index (χ3n) is 7.78. The second-order valence-electron chi connectivity index (χ2n) is 10.7. The summed E-state index contributed by atoms with van der Waals surface area (Å²) in [7, 11) is 1.97. The molecule has 12 heteroatoms. The van der Waals surface area contributed by atoms with E-state index < -0.39 is 0 Å². The number of anilines is 2. The third-order valence-corrected chi connectivity index (χ3v) is 7.78. The van der Waals surface area contributed by atoms with Crippen molar-refractivity contribution in [1.29, 1.82) is 0 Å². The van der Waals surface area contributed by atoms with Crippen LogP contribution < -0.4 is 15.7 Å². The highest BCUT2D eigenvalue weighted by molar-refractivity contribution is 6.31. The minimum absolute atomic E-state index is 0.0247. The molecule has 2 aliphatic rings. The lowest BCUT2D eigenvalue weighted by Gasteiger charge is -2.40. The van der Waals surface area contributed by atoms with Gasteiger partial charge in [-0.05, 0) is 50.2 Å². The number of carbonyl (C=O) groups is 2. The van der Waals surface area contributed by atoms with E-state index >= 15 is 0 Å². The summed E-state index contributed by atoms with van der Waals surface area (Å²) in [6, 6.07) is 9.64. The van der Waals surface area contributed by atoms with Gasteiger partial charge in [0.2, 0.25) is 17.8 Å². The number of benzene rings is 1. The second-order valence-corrected chi connectivity index (χ2v) is 10.7. The molecule has 0 radical (unpaired) electrons. The molecule has 0 saturated carbocycles. The fraction of sp³-hybridized carbons (Fsp3) is 0.357. The minimum atomic E-state index is -0.166. The first-order valence-corrected chi connectivity index (χ1v) is 13.7. The van der Waals surface area contributed by atoms with Gasteiger partial charge in [0.25, 0.3) is 0 Å². The summed E-state index contributed by atoms with van der Waals surface area (Å²) in [6.07, 6.45) is 7.84. The number of piperazine rings is 1. The highest BCUT2D eigenvalue weighted by atomic mass is 16.2. The quantitative estimate of drug-likeness (QED) is 0.344. The number of rotatable bonds is 6. The van der Waals surface area contributed by atoms with Crippen molar-refractivity contribution in [1.82, 2.24) is 34.9 Å². The number of likely N-dealkylation sites (tertiary alicyclic amines) is 1. The van der Waals surface area contributed by atoms with Crippen LogP contribution in [0.4, 0.5) is 11.6 Å². The van der Waals surface area contributed by atoms with Crippen molar-refractivity contribution < 1.29 is 9.59 Å². The molecule has 4 aromatic rings. The lowest BCUT2D eigenvalue weighted by molar-refractivity contribution is -0.134. The van der Waals surface area contributed by atoms with Gasteiger partial charge in [-0.25, -0.2) is 9.97 Å². The number of aromatic amines is 1. The number of pyridine rings is 1. The van der Waals surface area contributed by atoms with Crippen LogP contribution in [0.15, 0.2) is 55.1 Å². The average Bonchev–Trinajstić information content (AvgIpc) is 3.61. The smallest absolute Gasteiger partial charge is 0.237 e. The van der Waals surface area contributed by atoms with Crippen molar-refractivity contribution in [2.24, 2.45) is 5.92 Å². The SMILES string of the molecule is Bc1cnc(N2CCN(C(=O)CN3CC[C@@H](C(=O)Nc4ccc5[nH]nc(-c6ccncc6)c5c4)C3)[C@H](C)C2)nc1. The van der Waals surface area contributed by atoms with Gasteiger partial charge >= 0.3 is 0 Å². The Morgan fingerprint density at radius 1 is 1.07 bits per heavy atom. The molecule has 0 aliphatic carbocycles. The number of nitrogens with zero attached hydrogens (tertiary/aromatic N) is 7. The summed E-state index contributed by atoms with van der Waals surface area (Å²) in [6.45, 7) is 5.72. The van der Waals surface area contributed by atoms with Crippen molar-refractivity contribution in [3.8, 4) is 11.3 Å². The van der Waals surface area contributed by atoms with Crippen molar-refractivity contribution in [3.05, 3.63) is 55.1 Å². The van der Waals surface area contributed by atoms with Crippen LogP contribution in [0.1, 0.15) is 13.3 Å². The van der Waals surface area contributed by atoms with Gasteiger partial charge < -0.3 is 15.1 Å². The number of fused-ring (bicyclic) bond motifs is 1. The molecule has 204 valence electrons. The standard InChI is InChI=1S/C28H32BN9O2/c1-18-15-37(28-31-13-21(29)14-32-28)10-11-38(18)25(39)17-36-9-6-20(16-36)27(40)33-22-2-3-24-23(12-22)26(35-34-24)19-4-7-30-8-5-19/h2-5,7-8,12-14,18,20H,6,9-11,15-17,29H2,1H3,(H,33,40)(H,34,35)/t18-,20-/m1/s1. The van der Waals surface area contributed by atoms with E-state index in [1.165, 1.54) is 0 Å². The van der Waals surface area contributed by atoms with Gasteiger partial charge in [0.1, 0.15) is 13.5 Å². The molecule has 0 bridgehead atoms. The van der Waals surface area contributed by atoms with Crippen molar-refractivity contribution in [2.75, 3.05) is 49.5 Å². The molecule has 11 nitrogen and oxygen atoms in total. The van der Waals surface area contributed by atoms with E-state index in [1.807, 2.05) is 55.5 Å². The molecule has 2 aliphatic heterocycles. The molecule has 2 amide bonds. The van der Waals surface area contributed by atoms with Gasteiger partial charge in [0.05, 0.1) is 18.0 Å². The van der Waals surface area contributed by atoms with Crippen LogP contribution in [-0.4, -0.2) is 99.9 Å². The Kier molecular flexibility index (Phi) is 7.16. The maximum absolute atomic E-state index is 13.2. The molecule has 2 N–H and O–H groups in total. The molecule has 0 unspecified atom stereocenters. The van der Waals surface area contributed by atoms with Crippen LogP contribution >= 0.6 is 0 Å². The summed E-state index contributed by atoms with van der Waals surface area (Å²) in [4.78, 5) is 45.4. The zero-order valence-corrected chi connectivity index (χ0v) is 22.7. The maximum Gasteiger partial charge on any atom is 0.237 e. The lowest BCUT2D eigenvalue weighted by Crippen LogP contribution is -2.56. The molecular weight excluding hydrogens is 505 g/mol. The Labute approximate surface area is 233 Å². The van der Waals surface area contributed by atoms with Crippen LogP contribution in [0.25, 0.3) is 22.2 Å². The molecule has 40 heavy (non-hydrogen) atoms. The summed E-state index contributed by atoms with van der Waals surface area (Å²) in [5, 5.41) is 11.5. The topological polar surface area (TPSA) is 123 Å². The molecule has 2 fully saturated rings. The third kappa shape index (κ3) is 5.39. The Hall–Kier alpha value is -4.32. The number of hydrogen-bond acceptors (Lipinski definition) is 8. The second kappa shape index (κ2) is 11.0. The summed E-state index contributed by atoms with van der Waals surface area (Å²) < 4.78 is 0. The zero-order chi connectivity index (χ0) is 27.6. The van der Waals surface area contributed by atoms with Crippen molar-refractivity contribution >= 4 is 47.7 Å². The number of aromatic nitrogens is 5. The van der Waals surface area contributed by atoms with E-state index in [4.69, 9.17) is 0 Å². The van der Waals surface area contributed by atoms with Crippen molar-refractivity contribution in [3.63, 3.8) is 0 Å². The van der Waals surface area contributed by atoms with Crippen LogP contribution in [-0.2, 0) is 9.59 Å². The largest absolute Gasteiger partial charge is 0.337 e. The Bertz CT molecular complexity index is 1510. The molecule has 6 rings (SSSR count). The number of carbonyl (C=O) groups excluding carboxylic acids is 2. The number of H-pyrrole nitrogens is 1. The minimum Gasteiger partial charge on any atom is -0.337 e. The van der Waals surface area contributed by atoms with E-state index in [9.17, 15) is 9.59 Å². The number of hydrogen-bond donors (Lipinski definition) is 2. The summed E-state index contributed by atoms with van der Waals surface area (Å²) >= 11 is 0. The fourth-order valence-electron chi connectivity index (χ4n) is 5.60. The monoisotopic (exact) mass is 537 g/mol. The number of amides is 2. The van der Waals surface area contributed by atoms with E-state index in [-0.39, 0.29) is 23.8 Å². The van der Waals surface area contributed by atoms with Crippen LogP contribution in [0.2, 0.25) is 0 Å². The molecular formula is C28H32BN9O2. The first-order valence-electron chi connectivity index (χ1n) is 13.7. The van der Waals surface area contributed by atoms with E-state index in [2.05, 4.69) is 47.2 Å². The van der Waals surface area contributed by atoms with Crippen molar-refractivity contribution in [2.45, 2.75) is 19.4 Å². The fourth-order valence-corrected chi connectivity index (χ4v) is 5.60. The van der Waals surface area contributed by atoms with E-state index in [1.54, 1.807) is 12.4 Å². The zero-order valence-electron chi connectivity index (χ0n) is 22.7. The van der Waals surface area contributed by atoms with Gasteiger partial charge in [0, 0.05) is 73.6 Å². The van der Waals surface area contributed by atoms with Crippen LogP contribution in [0.5, 0.6) is 0 Å². The Morgan fingerprint density at radius 3 is 2.65 bits per heavy atom. The van der Waals surface area contributed by atoms with E-state index in [0.717, 1.165) is 46.3 Å². The van der Waals surface area contributed by atoms with Gasteiger partial charge in [-0.3, -0.25) is 24.6 Å². The normalized spacial score (nSPS) is 19.7. The highest BCUT2D eigenvalue weighted by Crippen LogP contribution is 2.29. The molecule has 1 aromatic carbocycles. The van der Waals surface area contributed by atoms with Crippen LogP contribution in [0.3, 0.4) is 0 Å². The van der Waals surface area contributed by atoms with Gasteiger partial charge in [-0.15, -0.1) is 0 Å². The Morgan fingerprint density at radius 2 is 1.88 bits per heavy atom. The highest BCUT2D eigenvalue weighted by Gasteiger charge is 2.33. The summed E-state index contributed by atoms with van der Waals surface area (Å²) in [5.74, 6) is 0.620. The molecule has 2 atom stereocenters. The lowest BCUT2D eigenvalue weighted by atomic mass is 10.0. The van der Waals surface area contributed by atoms with Gasteiger partial charge in [0.15, 0.2) is 0 Å². The van der Waals surface area contributed by atoms with E-state index in [0.29, 0.717) is 38.7 Å². The predicted molar refractivity (Wildman–Crippen MR) is 156 cm³/mol. The summed E-state index contributed by atoms with van der Waals surface area (Å²) in [5.41, 5.74) is 4.43. The first-order chi connectivity index (χ1) is 19.4. The first kappa shape index (κ1) is 25.9.